The van der Waals surface area contributed by atoms with Crippen LogP contribution in [0.1, 0.15) is 64.0 Å². The monoisotopic (exact) mass is 290 g/mol. The molecule has 0 aliphatic carbocycles. The van der Waals surface area contributed by atoms with Gasteiger partial charge in [-0.3, -0.25) is 4.79 Å². The number of nitrogens with one attached hydrogen (secondary N) is 1. The molecule has 0 saturated carbocycles. The Hall–Kier alpha value is -1.35. The minimum absolute atomic E-state index is 0.137. The maximum absolute atomic E-state index is 12.2. The number of nitrogens with two attached hydrogens (primary N) is 1. The average Bonchev–Trinajstić information content (AvgIpc) is 2.52. The Labute approximate surface area is 129 Å². The zero-order valence-electron chi connectivity index (χ0n) is 13.5. The second kappa shape index (κ2) is 10.4. The number of amides is 1. The van der Waals surface area contributed by atoms with Gasteiger partial charge in [-0.15, -0.1) is 0 Å². The molecule has 2 atom stereocenters. The van der Waals surface area contributed by atoms with Crippen LogP contribution in [0.3, 0.4) is 0 Å². The molecular formula is C18H30N2O. The molecule has 118 valence electrons. The number of carbonyl (C=O) groups excluding carboxylic acids is 1. The predicted molar refractivity (Wildman–Crippen MR) is 88.9 cm³/mol. The first-order valence-corrected chi connectivity index (χ1v) is 8.25. The van der Waals surface area contributed by atoms with E-state index in [1.54, 1.807) is 0 Å². The summed E-state index contributed by atoms with van der Waals surface area (Å²) in [5, 5.41) is 3.19. The lowest BCUT2D eigenvalue weighted by Crippen LogP contribution is -2.28. The Morgan fingerprint density at radius 1 is 1.14 bits per heavy atom. The van der Waals surface area contributed by atoms with Gasteiger partial charge in [-0.25, -0.2) is 0 Å². The van der Waals surface area contributed by atoms with Crippen molar-refractivity contribution in [3.63, 3.8) is 0 Å². The summed E-state index contributed by atoms with van der Waals surface area (Å²) in [5.74, 6) is 0.731. The highest BCUT2D eigenvalue weighted by atomic mass is 16.1. The van der Waals surface area contributed by atoms with E-state index in [0.29, 0.717) is 18.9 Å². The minimum Gasteiger partial charge on any atom is -0.349 e. The topological polar surface area (TPSA) is 55.1 Å². The fourth-order valence-electron chi connectivity index (χ4n) is 2.69. The summed E-state index contributed by atoms with van der Waals surface area (Å²) in [4.78, 5) is 12.2. The molecule has 0 saturated heterocycles. The van der Waals surface area contributed by atoms with Crippen molar-refractivity contribution in [2.24, 2.45) is 11.7 Å². The first-order chi connectivity index (χ1) is 10.2. The highest BCUT2D eigenvalue weighted by molar-refractivity contribution is 5.76. The third-order valence-electron chi connectivity index (χ3n) is 4.05. The number of rotatable bonds is 10. The van der Waals surface area contributed by atoms with Crippen LogP contribution in [0, 0.1) is 5.92 Å². The van der Waals surface area contributed by atoms with Gasteiger partial charge in [0.05, 0.1) is 6.04 Å². The number of hydrogen-bond acceptors (Lipinski definition) is 2. The van der Waals surface area contributed by atoms with E-state index in [4.69, 9.17) is 5.73 Å². The van der Waals surface area contributed by atoms with Crippen molar-refractivity contribution in [2.75, 3.05) is 6.54 Å². The van der Waals surface area contributed by atoms with Crippen LogP contribution in [0.25, 0.3) is 0 Å². The average molecular weight is 290 g/mol. The molecular weight excluding hydrogens is 260 g/mol. The number of hydrogen-bond donors (Lipinski definition) is 2. The van der Waals surface area contributed by atoms with Crippen LogP contribution in [0.4, 0.5) is 0 Å². The molecule has 21 heavy (non-hydrogen) atoms. The van der Waals surface area contributed by atoms with E-state index in [2.05, 4.69) is 31.3 Å². The fraction of sp³-hybridized carbons (Fsp3) is 0.611. The Kier molecular flexibility index (Phi) is 8.76. The van der Waals surface area contributed by atoms with Crippen LogP contribution < -0.4 is 11.1 Å². The Morgan fingerprint density at radius 3 is 2.43 bits per heavy atom. The summed E-state index contributed by atoms with van der Waals surface area (Å²) in [6, 6.07) is 10.4. The Morgan fingerprint density at radius 2 is 1.86 bits per heavy atom. The normalized spacial score (nSPS) is 13.7. The highest BCUT2D eigenvalue weighted by Crippen LogP contribution is 2.19. The van der Waals surface area contributed by atoms with Crippen molar-refractivity contribution in [3.05, 3.63) is 35.9 Å². The number of benzene rings is 1. The standard InChI is InChI=1S/C18H30N2O/c1-3-8-17(16-9-6-5-7-10-16)20-18(21)12-11-15(4-2)13-14-19/h5-7,9-10,15,17H,3-4,8,11-14,19H2,1-2H3,(H,20,21). The van der Waals surface area contributed by atoms with Gasteiger partial charge in [0, 0.05) is 6.42 Å². The van der Waals surface area contributed by atoms with E-state index >= 15 is 0 Å². The molecule has 1 aromatic rings. The predicted octanol–water partition coefficient (Wildman–Crippen LogP) is 3.80. The van der Waals surface area contributed by atoms with Crippen LogP contribution >= 0.6 is 0 Å². The smallest absolute Gasteiger partial charge is 0.220 e. The zero-order chi connectivity index (χ0) is 15.5. The largest absolute Gasteiger partial charge is 0.349 e. The third kappa shape index (κ3) is 6.76. The molecule has 2 unspecified atom stereocenters. The molecule has 1 rings (SSSR count). The lowest BCUT2D eigenvalue weighted by molar-refractivity contribution is -0.122. The molecule has 0 fully saturated rings. The molecule has 0 bridgehead atoms. The second-order valence-corrected chi connectivity index (χ2v) is 5.71. The molecule has 0 radical (unpaired) electrons. The molecule has 0 aliphatic rings. The van der Waals surface area contributed by atoms with Gasteiger partial charge in [-0.2, -0.15) is 0 Å². The summed E-state index contributed by atoms with van der Waals surface area (Å²) < 4.78 is 0. The molecule has 0 spiro atoms. The van der Waals surface area contributed by atoms with E-state index < -0.39 is 0 Å². The third-order valence-corrected chi connectivity index (χ3v) is 4.05. The van der Waals surface area contributed by atoms with E-state index in [1.807, 2.05) is 18.2 Å². The maximum Gasteiger partial charge on any atom is 0.220 e. The highest BCUT2D eigenvalue weighted by Gasteiger charge is 2.14. The first-order valence-electron chi connectivity index (χ1n) is 8.25. The maximum atomic E-state index is 12.2. The zero-order valence-corrected chi connectivity index (χ0v) is 13.5. The summed E-state index contributed by atoms with van der Waals surface area (Å²) in [6.45, 7) is 5.03. The summed E-state index contributed by atoms with van der Waals surface area (Å²) in [5.41, 5.74) is 6.80. The van der Waals surface area contributed by atoms with Crippen molar-refractivity contribution in [1.82, 2.24) is 5.32 Å². The summed E-state index contributed by atoms with van der Waals surface area (Å²) >= 11 is 0. The van der Waals surface area contributed by atoms with Gasteiger partial charge in [0.25, 0.3) is 0 Å². The Balaban J connectivity index is 2.49. The molecule has 3 N–H and O–H groups in total. The van der Waals surface area contributed by atoms with Gasteiger partial charge in [0.15, 0.2) is 0 Å². The van der Waals surface area contributed by atoms with Crippen molar-refractivity contribution >= 4 is 5.91 Å². The van der Waals surface area contributed by atoms with Gasteiger partial charge in [0.1, 0.15) is 0 Å². The van der Waals surface area contributed by atoms with Gasteiger partial charge in [0.2, 0.25) is 5.91 Å². The quantitative estimate of drug-likeness (QED) is 0.688. The van der Waals surface area contributed by atoms with Crippen molar-refractivity contribution in [2.45, 2.75) is 58.4 Å². The van der Waals surface area contributed by atoms with Gasteiger partial charge in [-0.05, 0) is 37.3 Å². The molecule has 0 heterocycles. The van der Waals surface area contributed by atoms with Gasteiger partial charge >= 0.3 is 0 Å². The molecule has 1 aromatic carbocycles. The molecule has 3 nitrogen and oxygen atoms in total. The SMILES string of the molecule is CCCC(NC(=O)CCC(CC)CCN)c1ccccc1. The molecule has 3 heteroatoms. The van der Waals surface area contributed by atoms with Crippen LogP contribution in [0.5, 0.6) is 0 Å². The van der Waals surface area contributed by atoms with Crippen LogP contribution in [-0.4, -0.2) is 12.5 Å². The van der Waals surface area contributed by atoms with Crippen LogP contribution in [0.15, 0.2) is 30.3 Å². The first kappa shape index (κ1) is 17.7. The summed E-state index contributed by atoms with van der Waals surface area (Å²) in [7, 11) is 0. The van der Waals surface area contributed by atoms with Crippen molar-refractivity contribution in [3.8, 4) is 0 Å². The van der Waals surface area contributed by atoms with E-state index in [9.17, 15) is 4.79 Å². The van der Waals surface area contributed by atoms with E-state index in [0.717, 1.165) is 32.1 Å². The fourth-order valence-corrected chi connectivity index (χ4v) is 2.69. The minimum atomic E-state index is 0.137. The van der Waals surface area contributed by atoms with Gasteiger partial charge in [-0.1, -0.05) is 57.0 Å². The van der Waals surface area contributed by atoms with Crippen LogP contribution in [0.2, 0.25) is 0 Å². The lowest BCUT2D eigenvalue weighted by Gasteiger charge is -2.20. The lowest BCUT2D eigenvalue weighted by atomic mass is 9.96. The van der Waals surface area contributed by atoms with Crippen molar-refractivity contribution in [1.29, 1.82) is 0 Å². The van der Waals surface area contributed by atoms with Crippen molar-refractivity contribution < 1.29 is 4.79 Å². The number of carbonyl (C=O) groups is 1. The van der Waals surface area contributed by atoms with E-state index in [1.165, 1.54) is 5.56 Å². The Bertz CT molecular complexity index is 391. The van der Waals surface area contributed by atoms with E-state index in [-0.39, 0.29) is 11.9 Å². The molecule has 0 aliphatic heterocycles. The molecule has 0 aromatic heterocycles. The van der Waals surface area contributed by atoms with Gasteiger partial charge < -0.3 is 11.1 Å². The summed E-state index contributed by atoms with van der Waals surface area (Å²) in [6.07, 6.45) is 5.70. The molecule has 1 amide bonds. The second-order valence-electron chi connectivity index (χ2n) is 5.71. The van der Waals surface area contributed by atoms with Crippen LogP contribution in [-0.2, 0) is 4.79 Å².